The van der Waals surface area contributed by atoms with Crippen LogP contribution in [0.5, 0.6) is 0 Å². The van der Waals surface area contributed by atoms with E-state index in [2.05, 4.69) is 47.6 Å². The molecule has 0 heterocycles. The van der Waals surface area contributed by atoms with Gasteiger partial charge in [-0.2, -0.15) is 12.6 Å². The Morgan fingerprint density at radius 2 is 1.77 bits per heavy atom. The van der Waals surface area contributed by atoms with Gasteiger partial charge in [0.25, 0.3) is 0 Å². The molecule has 0 aromatic rings. The first kappa shape index (κ1) is 23.3. The van der Waals surface area contributed by atoms with Crippen molar-refractivity contribution in [1.82, 2.24) is 0 Å². The Morgan fingerprint density at radius 1 is 1.00 bits per heavy atom. The van der Waals surface area contributed by atoms with Crippen molar-refractivity contribution >= 4 is 12.6 Å². The van der Waals surface area contributed by atoms with E-state index in [1.165, 1.54) is 70.6 Å². The topological polar surface area (TPSA) is 0 Å². The van der Waals surface area contributed by atoms with Crippen LogP contribution in [0.2, 0.25) is 0 Å². The third-order valence-corrected chi connectivity index (χ3v) is 11.7. The quantitative estimate of drug-likeness (QED) is 0.315. The molecule has 3 fully saturated rings. The van der Waals surface area contributed by atoms with E-state index in [0.717, 1.165) is 41.4 Å². The fourth-order valence-corrected chi connectivity index (χ4v) is 9.63. The van der Waals surface area contributed by atoms with Crippen molar-refractivity contribution in [2.45, 2.75) is 117 Å². The minimum Gasteiger partial charge on any atom is -0.176 e. The molecular formula is C29H50S. The third kappa shape index (κ3) is 3.86. The van der Waals surface area contributed by atoms with Crippen LogP contribution < -0.4 is 0 Å². The maximum absolute atomic E-state index is 4.85. The minimum absolute atomic E-state index is 0.499. The monoisotopic (exact) mass is 430 g/mol. The summed E-state index contributed by atoms with van der Waals surface area (Å²) >= 11 is 4.85. The minimum atomic E-state index is 0.499. The lowest BCUT2D eigenvalue weighted by molar-refractivity contribution is -0.0500. The van der Waals surface area contributed by atoms with E-state index in [4.69, 9.17) is 12.6 Å². The molecule has 4 aliphatic rings. The number of hydrogen-bond acceptors (Lipinski definition) is 1. The maximum Gasteiger partial charge on any atom is 0.00545 e. The van der Waals surface area contributed by atoms with Crippen molar-refractivity contribution in [2.24, 2.45) is 52.3 Å². The lowest BCUT2D eigenvalue weighted by atomic mass is 9.47. The summed E-state index contributed by atoms with van der Waals surface area (Å²) in [6.45, 7) is 15.2. The van der Waals surface area contributed by atoms with Crippen molar-refractivity contribution in [1.29, 1.82) is 0 Å². The Balaban J connectivity index is 1.47. The summed E-state index contributed by atoms with van der Waals surface area (Å²) in [6, 6.07) is 0. The molecule has 0 aromatic carbocycles. The Labute approximate surface area is 193 Å². The zero-order chi connectivity index (χ0) is 21.7. The largest absolute Gasteiger partial charge is 0.176 e. The lowest BCUT2D eigenvalue weighted by Gasteiger charge is -2.58. The highest BCUT2D eigenvalue weighted by Gasteiger charge is 2.59. The molecule has 0 nitrogen and oxygen atoms in total. The number of rotatable bonds is 6. The Morgan fingerprint density at radius 3 is 2.47 bits per heavy atom. The summed E-state index contributed by atoms with van der Waals surface area (Å²) in [4.78, 5) is 0. The van der Waals surface area contributed by atoms with Gasteiger partial charge in [-0.25, -0.2) is 0 Å². The fraction of sp³-hybridized carbons (Fsp3) is 0.931. The predicted molar refractivity (Wildman–Crippen MR) is 135 cm³/mol. The van der Waals surface area contributed by atoms with Gasteiger partial charge in [-0.1, -0.05) is 66.0 Å². The molecule has 4 aliphatic carbocycles. The van der Waals surface area contributed by atoms with Gasteiger partial charge in [0.2, 0.25) is 0 Å². The van der Waals surface area contributed by atoms with Crippen LogP contribution in [0.1, 0.15) is 112 Å². The van der Waals surface area contributed by atoms with Crippen molar-refractivity contribution in [3.05, 3.63) is 11.6 Å². The maximum atomic E-state index is 4.85. The van der Waals surface area contributed by atoms with Gasteiger partial charge in [0, 0.05) is 5.25 Å². The van der Waals surface area contributed by atoms with Gasteiger partial charge in [0.1, 0.15) is 0 Å². The first-order valence-corrected chi connectivity index (χ1v) is 14.1. The molecule has 1 heteroatoms. The van der Waals surface area contributed by atoms with E-state index in [1.54, 1.807) is 5.57 Å². The molecule has 0 N–H and O–H groups in total. The molecule has 30 heavy (non-hydrogen) atoms. The Kier molecular flexibility index (Phi) is 6.82. The van der Waals surface area contributed by atoms with E-state index in [-0.39, 0.29) is 0 Å². The molecule has 0 radical (unpaired) electrons. The lowest BCUT2D eigenvalue weighted by Crippen LogP contribution is -2.50. The summed E-state index contributed by atoms with van der Waals surface area (Å²) in [5.74, 6) is 6.56. The Hall–Kier alpha value is 0.0900. The highest BCUT2D eigenvalue weighted by atomic mass is 32.1. The highest BCUT2D eigenvalue weighted by molar-refractivity contribution is 7.80. The first-order chi connectivity index (χ1) is 14.2. The van der Waals surface area contributed by atoms with Crippen LogP contribution in [0.25, 0.3) is 0 Å². The molecule has 0 aliphatic heterocycles. The van der Waals surface area contributed by atoms with Crippen LogP contribution in [0.3, 0.4) is 0 Å². The standard InChI is InChI=1S/C29H50S/c1-7-21(19(2)3)9-8-20(4)25-12-13-26-24-11-10-22-18-23(30)14-16-28(22,5)27(24)15-17-29(25,26)6/h10,19-21,23-27,30H,7-9,11-18H2,1-6H3. The Bertz CT molecular complexity index is 634. The first-order valence-electron chi connectivity index (χ1n) is 13.6. The van der Waals surface area contributed by atoms with Crippen molar-refractivity contribution in [2.75, 3.05) is 0 Å². The molecule has 0 amide bonds. The van der Waals surface area contributed by atoms with Crippen LogP contribution >= 0.6 is 12.6 Å². The van der Waals surface area contributed by atoms with Gasteiger partial charge in [0.05, 0.1) is 0 Å². The number of hydrogen-bond donors (Lipinski definition) is 1. The molecule has 9 unspecified atom stereocenters. The zero-order valence-corrected chi connectivity index (χ0v) is 21.8. The highest BCUT2D eigenvalue weighted by Crippen LogP contribution is 2.67. The molecule has 0 aromatic heterocycles. The number of fused-ring (bicyclic) bond motifs is 5. The van der Waals surface area contributed by atoms with Gasteiger partial charge >= 0.3 is 0 Å². The van der Waals surface area contributed by atoms with Crippen LogP contribution in [-0.4, -0.2) is 5.25 Å². The van der Waals surface area contributed by atoms with Crippen molar-refractivity contribution in [3.63, 3.8) is 0 Å². The molecule has 172 valence electrons. The average molecular weight is 431 g/mol. The van der Waals surface area contributed by atoms with Gasteiger partial charge in [-0.05, 0) is 110 Å². The summed E-state index contributed by atoms with van der Waals surface area (Å²) in [7, 11) is 0. The molecule has 9 atom stereocenters. The van der Waals surface area contributed by atoms with E-state index in [0.29, 0.717) is 16.1 Å². The number of allylic oxidation sites excluding steroid dienone is 2. The van der Waals surface area contributed by atoms with Crippen LogP contribution in [-0.2, 0) is 0 Å². The molecule has 4 rings (SSSR count). The van der Waals surface area contributed by atoms with Crippen molar-refractivity contribution in [3.8, 4) is 0 Å². The van der Waals surface area contributed by atoms with E-state index < -0.39 is 0 Å². The van der Waals surface area contributed by atoms with Gasteiger partial charge in [0.15, 0.2) is 0 Å². The molecule has 0 saturated heterocycles. The SMILES string of the molecule is CCC(CCC(C)C1CCC2C3CC=C4CC(S)CCC4(C)C3CCC12C)C(C)C. The second kappa shape index (κ2) is 8.79. The predicted octanol–water partition coefficient (Wildman–Crippen LogP) is 8.96. The second-order valence-electron chi connectivity index (χ2n) is 12.9. The summed E-state index contributed by atoms with van der Waals surface area (Å²) in [6.07, 6.45) is 18.4. The molecule has 0 bridgehead atoms. The second-order valence-corrected chi connectivity index (χ2v) is 13.6. The van der Waals surface area contributed by atoms with E-state index in [9.17, 15) is 0 Å². The van der Waals surface area contributed by atoms with Crippen LogP contribution in [0.15, 0.2) is 11.6 Å². The zero-order valence-electron chi connectivity index (χ0n) is 20.9. The summed E-state index contributed by atoms with van der Waals surface area (Å²) in [5, 5.41) is 0.615. The average Bonchev–Trinajstić information content (AvgIpc) is 3.06. The molecule has 3 saturated carbocycles. The molecule has 0 spiro atoms. The number of thiol groups is 1. The smallest absolute Gasteiger partial charge is 0.00545 e. The van der Waals surface area contributed by atoms with Crippen LogP contribution in [0.4, 0.5) is 0 Å². The van der Waals surface area contributed by atoms with E-state index >= 15 is 0 Å². The summed E-state index contributed by atoms with van der Waals surface area (Å²) < 4.78 is 0. The normalized spacial score (nSPS) is 45.3. The van der Waals surface area contributed by atoms with Gasteiger partial charge < -0.3 is 0 Å². The van der Waals surface area contributed by atoms with E-state index in [1.807, 2.05) is 0 Å². The van der Waals surface area contributed by atoms with Gasteiger partial charge in [-0.3, -0.25) is 0 Å². The van der Waals surface area contributed by atoms with Gasteiger partial charge in [-0.15, -0.1) is 0 Å². The third-order valence-electron chi connectivity index (χ3n) is 11.3. The molecular weight excluding hydrogens is 380 g/mol. The van der Waals surface area contributed by atoms with Crippen LogP contribution in [0, 0.1) is 52.3 Å². The fourth-order valence-electron chi connectivity index (χ4n) is 9.30. The van der Waals surface area contributed by atoms with Crippen molar-refractivity contribution < 1.29 is 0 Å². The summed E-state index contributed by atoms with van der Waals surface area (Å²) in [5.41, 5.74) is 2.90.